The highest BCUT2D eigenvalue weighted by molar-refractivity contribution is 5.94. The van der Waals surface area contributed by atoms with E-state index in [4.69, 9.17) is 0 Å². The molecule has 1 amide bonds. The van der Waals surface area contributed by atoms with Crippen molar-refractivity contribution in [2.24, 2.45) is 4.99 Å². The van der Waals surface area contributed by atoms with Crippen LogP contribution in [0.1, 0.15) is 29.3 Å². The van der Waals surface area contributed by atoms with Gasteiger partial charge in [0.1, 0.15) is 0 Å². The highest BCUT2D eigenvalue weighted by atomic mass is 16.2. The zero-order valence-electron chi connectivity index (χ0n) is 15.7. The number of aryl methyl sites for hydroxylation is 1. The molecule has 1 heterocycles. The van der Waals surface area contributed by atoms with Gasteiger partial charge in [-0.25, -0.2) is 0 Å². The fourth-order valence-corrected chi connectivity index (χ4v) is 3.44. The van der Waals surface area contributed by atoms with E-state index >= 15 is 0 Å². The van der Waals surface area contributed by atoms with Crippen molar-refractivity contribution < 1.29 is 4.79 Å². The SMILES string of the molecule is C=Nc1cc(-c2ccc(C(=O)N3CCN(CCC)CC3)cc2)ccc1C. The molecule has 1 saturated heterocycles. The maximum atomic E-state index is 12.7. The molecule has 2 aromatic rings. The van der Waals surface area contributed by atoms with E-state index in [0.717, 1.165) is 67.1 Å². The lowest BCUT2D eigenvalue weighted by Crippen LogP contribution is -2.48. The molecule has 0 radical (unpaired) electrons. The van der Waals surface area contributed by atoms with Crippen LogP contribution in [0.2, 0.25) is 0 Å². The van der Waals surface area contributed by atoms with E-state index < -0.39 is 0 Å². The number of piperazine rings is 1. The van der Waals surface area contributed by atoms with Gasteiger partial charge in [-0.05, 0) is 61.5 Å². The number of carbonyl (C=O) groups is 1. The van der Waals surface area contributed by atoms with Gasteiger partial charge in [-0.3, -0.25) is 14.7 Å². The molecule has 4 heteroatoms. The Morgan fingerprint density at radius 3 is 2.31 bits per heavy atom. The second-order valence-corrected chi connectivity index (χ2v) is 6.87. The highest BCUT2D eigenvalue weighted by Gasteiger charge is 2.21. The van der Waals surface area contributed by atoms with Gasteiger partial charge in [-0.2, -0.15) is 0 Å². The number of carbonyl (C=O) groups excluding carboxylic acids is 1. The van der Waals surface area contributed by atoms with Crippen molar-refractivity contribution in [3.8, 4) is 11.1 Å². The number of benzene rings is 2. The molecule has 3 rings (SSSR count). The van der Waals surface area contributed by atoms with E-state index in [9.17, 15) is 4.79 Å². The molecule has 0 spiro atoms. The highest BCUT2D eigenvalue weighted by Crippen LogP contribution is 2.27. The molecular weight excluding hydrogens is 322 g/mol. The maximum absolute atomic E-state index is 12.7. The Morgan fingerprint density at radius 2 is 1.69 bits per heavy atom. The van der Waals surface area contributed by atoms with Crippen LogP contribution in [-0.4, -0.2) is 55.1 Å². The van der Waals surface area contributed by atoms with Crippen LogP contribution in [0.5, 0.6) is 0 Å². The number of amides is 1. The predicted molar refractivity (Wildman–Crippen MR) is 108 cm³/mol. The number of hydrogen-bond acceptors (Lipinski definition) is 3. The quantitative estimate of drug-likeness (QED) is 0.760. The van der Waals surface area contributed by atoms with Gasteiger partial charge in [0.15, 0.2) is 0 Å². The van der Waals surface area contributed by atoms with E-state index in [0.29, 0.717) is 0 Å². The van der Waals surface area contributed by atoms with E-state index in [1.807, 2.05) is 48.2 Å². The minimum absolute atomic E-state index is 0.130. The van der Waals surface area contributed by atoms with Gasteiger partial charge < -0.3 is 4.90 Å². The zero-order chi connectivity index (χ0) is 18.5. The molecule has 2 aromatic carbocycles. The van der Waals surface area contributed by atoms with Crippen LogP contribution in [0.25, 0.3) is 11.1 Å². The van der Waals surface area contributed by atoms with Gasteiger partial charge in [0, 0.05) is 31.7 Å². The van der Waals surface area contributed by atoms with Gasteiger partial charge >= 0.3 is 0 Å². The molecular formula is C22H27N3O. The second-order valence-electron chi connectivity index (χ2n) is 6.87. The average molecular weight is 349 g/mol. The number of rotatable bonds is 5. The summed E-state index contributed by atoms with van der Waals surface area (Å²) in [6.07, 6.45) is 1.16. The average Bonchev–Trinajstić information content (AvgIpc) is 2.69. The summed E-state index contributed by atoms with van der Waals surface area (Å²) in [6.45, 7) is 12.5. The summed E-state index contributed by atoms with van der Waals surface area (Å²) in [7, 11) is 0. The molecule has 0 saturated carbocycles. The lowest BCUT2D eigenvalue weighted by Gasteiger charge is -2.34. The van der Waals surface area contributed by atoms with E-state index in [2.05, 4.69) is 29.6 Å². The molecule has 1 aliphatic heterocycles. The van der Waals surface area contributed by atoms with Gasteiger partial charge in [-0.15, -0.1) is 0 Å². The second kappa shape index (κ2) is 8.28. The van der Waals surface area contributed by atoms with E-state index in [1.54, 1.807) is 0 Å². The molecule has 0 bridgehead atoms. The monoisotopic (exact) mass is 349 g/mol. The first-order chi connectivity index (χ1) is 12.6. The maximum Gasteiger partial charge on any atom is 0.253 e. The molecule has 0 N–H and O–H groups in total. The molecule has 0 unspecified atom stereocenters. The van der Waals surface area contributed by atoms with E-state index in [1.165, 1.54) is 0 Å². The summed E-state index contributed by atoms with van der Waals surface area (Å²) in [5, 5.41) is 0. The summed E-state index contributed by atoms with van der Waals surface area (Å²) in [4.78, 5) is 21.2. The third-order valence-corrected chi connectivity index (χ3v) is 5.04. The van der Waals surface area contributed by atoms with Crippen LogP contribution >= 0.6 is 0 Å². The summed E-state index contributed by atoms with van der Waals surface area (Å²) in [6, 6.07) is 14.0. The van der Waals surface area contributed by atoms with Crippen molar-refractivity contribution in [3.05, 3.63) is 53.6 Å². The lowest BCUT2D eigenvalue weighted by molar-refractivity contribution is 0.0637. The Morgan fingerprint density at radius 1 is 1.04 bits per heavy atom. The van der Waals surface area contributed by atoms with Crippen molar-refractivity contribution in [3.63, 3.8) is 0 Å². The van der Waals surface area contributed by atoms with Crippen molar-refractivity contribution >= 4 is 18.3 Å². The Balaban J connectivity index is 1.70. The third-order valence-electron chi connectivity index (χ3n) is 5.04. The molecule has 4 nitrogen and oxygen atoms in total. The standard InChI is InChI=1S/C22H27N3O/c1-4-11-24-12-14-25(15-13-24)22(26)19-9-7-18(8-10-19)20-6-5-17(2)21(16-20)23-3/h5-10,16H,3-4,11-15H2,1-2H3. The predicted octanol–water partition coefficient (Wildman–Crippen LogP) is 4.16. The van der Waals surface area contributed by atoms with Crippen LogP contribution in [0.3, 0.4) is 0 Å². The van der Waals surface area contributed by atoms with Crippen molar-refractivity contribution in [2.45, 2.75) is 20.3 Å². The molecule has 1 aliphatic rings. The van der Waals surface area contributed by atoms with Crippen molar-refractivity contribution in [2.75, 3.05) is 32.7 Å². The Bertz CT molecular complexity index is 774. The van der Waals surface area contributed by atoms with Crippen LogP contribution in [-0.2, 0) is 0 Å². The molecule has 1 fully saturated rings. The first kappa shape index (κ1) is 18.3. The lowest BCUT2D eigenvalue weighted by atomic mass is 10.0. The smallest absolute Gasteiger partial charge is 0.253 e. The zero-order valence-corrected chi connectivity index (χ0v) is 15.7. The molecule has 26 heavy (non-hydrogen) atoms. The van der Waals surface area contributed by atoms with E-state index in [-0.39, 0.29) is 5.91 Å². The van der Waals surface area contributed by atoms with Crippen LogP contribution in [0, 0.1) is 6.92 Å². The fourth-order valence-electron chi connectivity index (χ4n) is 3.44. The van der Waals surface area contributed by atoms with Crippen LogP contribution in [0.4, 0.5) is 5.69 Å². The number of aliphatic imine (C=N–C) groups is 1. The summed E-state index contributed by atoms with van der Waals surface area (Å²) in [5.74, 6) is 0.130. The first-order valence-electron chi connectivity index (χ1n) is 9.32. The van der Waals surface area contributed by atoms with Gasteiger partial charge in [-0.1, -0.05) is 31.2 Å². The summed E-state index contributed by atoms with van der Waals surface area (Å²) < 4.78 is 0. The largest absolute Gasteiger partial charge is 0.336 e. The minimum Gasteiger partial charge on any atom is -0.336 e. The normalized spacial score (nSPS) is 15.1. The topological polar surface area (TPSA) is 35.9 Å². The molecule has 0 aromatic heterocycles. The van der Waals surface area contributed by atoms with Gasteiger partial charge in [0.05, 0.1) is 5.69 Å². The van der Waals surface area contributed by atoms with Crippen LogP contribution < -0.4 is 0 Å². The molecule has 0 aliphatic carbocycles. The Labute approximate surface area is 156 Å². The Kier molecular flexibility index (Phi) is 5.84. The van der Waals surface area contributed by atoms with Gasteiger partial charge in [0.25, 0.3) is 5.91 Å². The van der Waals surface area contributed by atoms with Crippen LogP contribution in [0.15, 0.2) is 47.5 Å². The summed E-state index contributed by atoms with van der Waals surface area (Å²) >= 11 is 0. The molecule has 136 valence electrons. The number of hydrogen-bond donors (Lipinski definition) is 0. The van der Waals surface area contributed by atoms with Gasteiger partial charge in [0.2, 0.25) is 0 Å². The Hall–Kier alpha value is -2.46. The fraction of sp³-hybridized carbons (Fsp3) is 0.364. The third kappa shape index (κ3) is 4.02. The summed E-state index contributed by atoms with van der Waals surface area (Å²) in [5.41, 5.74) is 4.93. The molecule has 0 atom stereocenters. The number of nitrogens with zero attached hydrogens (tertiary/aromatic N) is 3. The van der Waals surface area contributed by atoms with Crippen molar-refractivity contribution in [1.82, 2.24) is 9.80 Å². The minimum atomic E-state index is 0.130. The first-order valence-corrected chi connectivity index (χ1v) is 9.32. The van der Waals surface area contributed by atoms with Crippen molar-refractivity contribution in [1.29, 1.82) is 0 Å².